The molecule has 1 N–H and O–H groups in total. The average Bonchev–Trinajstić information content (AvgIpc) is 2.94. The second kappa shape index (κ2) is 14.7. The monoisotopic (exact) mass is 621 g/mol. The van der Waals surface area contributed by atoms with E-state index >= 15 is 0 Å². The molecule has 0 saturated carbocycles. The summed E-state index contributed by atoms with van der Waals surface area (Å²) in [5.74, 6) is -1.44. The highest BCUT2D eigenvalue weighted by Gasteiger charge is 2.34. The van der Waals surface area contributed by atoms with Crippen molar-refractivity contribution >= 4 is 50.7 Å². The summed E-state index contributed by atoms with van der Waals surface area (Å²) in [7, 11) is -4.29. The van der Waals surface area contributed by atoms with E-state index in [2.05, 4.69) is 5.32 Å². The number of amides is 2. The second-order valence-electron chi connectivity index (χ2n) is 9.61. The lowest BCUT2D eigenvalue weighted by Crippen LogP contribution is -2.52. The highest BCUT2D eigenvalue weighted by molar-refractivity contribution is 7.92. The molecule has 41 heavy (non-hydrogen) atoms. The van der Waals surface area contributed by atoms with E-state index in [0.29, 0.717) is 12.1 Å². The van der Waals surface area contributed by atoms with Gasteiger partial charge < -0.3 is 10.2 Å². The summed E-state index contributed by atoms with van der Waals surface area (Å²) in [6.45, 7) is 5.34. The standard InChI is InChI=1S/C30H34Cl2FN3O4S/c1-4-6-18-34-30(38)26(5-2)35(19-22-12-14-23(33)15-13-22)28(37)20-36(27-9-7-8-25(31)29(27)32)41(39,40)24-16-10-21(3)11-17-24/h7-17,26H,4-6,18-20H2,1-3H3,(H,34,38)/t26-/m1/s1. The molecule has 0 aromatic heterocycles. The van der Waals surface area contributed by atoms with E-state index in [9.17, 15) is 22.4 Å². The van der Waals surface area contributed by atoms with E-state index in [4.69, 9.17) is 23.2 Å². The van der Waals surface area contributed by atoms with Crippen LogP contribution in [0.3, 0.4) is 0 Å². The van der Waals surface area contributed by atoms with Crippen LogP contribution in [0.1, 0.15) is 44.2 Å². The Hall–Kier alpha value is -3.14. The van der Waals surface area contributed by atoms with Crippen LogP contribution < -0.4 is 9.62 Å². The predicted molar refractivity (Wildman–Crippen MR) is 161 cm³/mol. The Morgan fingerprint density at radius 3 is 2.24 bits per heavy atom. The topological polar surface area (TPSA) is 86.8 Å². The van der Waals surface area contributed by atoms with Crippen LogP contribution >= 0.6 is 23.2 Å². The van der Waals surface area contributed by atoms with Gasteiger partial charge in [-0.2, -0.15) is 0 Å². The van der Waals surface area contributed by atoms with Crippen molar-refractivity contribution in [3.63, 3.8) is 0 Å². The van der Waals surface area contributed by atoms with Gasteiger partial charge >= 0.3 is 0 Å². The molecule has 1 atom stereocenters. The van der Waals surface area contributed by atoms with Crippen LogP contribution in [0.2, 0.25) is 10.0 Å². The maximum Gasteiger partial charge on any atom is 0.264 e. The molecule has 2 amide bonds. The summed E-state index contributed by atoms with van der Waals surface area (Å²) in [4.78, 5) is 28.5. The summed E-state index contributed by atoms with van der Waals surface area (Å²) >= 11 is 12.7. The third kappa shape index (κ3) is 8.21. The number of sulfonamides is 1. The molecular weight excluding hydrogens is 588 g/mol. The second-order valence-corrected chi connectivity index (χ2v) is 12.3. The molecule has 11 heteroatoms. The first kappa shape index (κ1) is 32.4. The van der Waals surface area contributed by atoms with Crippen LogP contribution in [-0.4, -0.2) is 44.3 Å². The summed E-state index contributed by atoms with van der Waals surface area (Å²) in [6, 6.07) is 15.4. The minimum atomic E-state index is -4.29. The first-order valence-corrected chi connectivity index (χ1v) is 15.5. The lowest BCUT2D eigenvalue weighted by molar-refractivity contribution is -0.140. The van der Waals surface area contributed by atoms with Gasteiger partial charge in [-0.1, -0.05) is 79.4 Å². The number of carbonyl (C=O) groups excluding carboxylic acids is 2. The predicted octanol–water partition coefficient (Wildman–Crippen LogP) is 6.36. The number of hydrogen-bond donors (Lipinski definition) is 1. The van der Waals surface area contributed by atoms with Crippen molar-refractivity contribution in [2.45, 2.75) is 57.5 Å². The first-order chi connectivity index (χ1) is 19.5. The van der Waals surface area contributed by atoms with Crippen LogP contribution in [0, 0.1) is 12.7 Å². The van der Waals surface area contributed by atoms with Crippen molar-refractivity contribution in [1.29, 1.82) is 0 Å². The van der Waals surface area contributed by atoms with E-state index in [-0.39, 0.29) is 39.5 Å². The van der Waals surface area contributed by atoms with Crippen molar-refractivity contribution in [3.05, 3.63) is 93.7 Å². The number of aryl methyl sites for hydroxylation is 1. The van der Waals surface area contributed by atoms with Crippen molar-refractivity contribution in [2.24, 2.45) is 0 Å². The molecule has 0 aliphatic carbocycles. The summed E-state index contributed by atoms with van der Waals surface area (Å²) < 4.78 is 42.4. The summed E-state index contributed by atoms with van der Waals surface area (Å²) in [5.41, 5.74) is 1.46. The number of benzene rings is 3. The van der Waals surface area contributed by atoms with E-state index < -0.39 is 34.3 Å². The Bertz CT molecular complexity index is 1450. The Kier molecular flexibility index (Phi) is 11.6. The highest BCUT2D eigenvalue weighted by Crippen LogP contribution is 2.35. The Labute approximate surface area is 251 Å². The van der Waals surface area contributed by atoms with Gasteiger partial charge in [-0.15, -0.1) is 0 Å². The number of hydrogen-bond acceptors (Lipinski definition) is 4. The molecule has 0 unspecified atom stereocenters. The highest BCUT2D eigenvalue weighted by atomic mass is 35.5. The third-order valence-corrected chi connectivity index (χ3v) is 9.15. The van der Waals surface area contributed by atoms with Crippen LogP contribution in [0.25, 0.3) is 0 Å². The van der Waals surface area contributed by atoms with Crippen molar-refractivity contribution < 1.29 is 22.4 Å². The van der Waals surface area contributed by atoms with E-state index in [1.54, 1.807) is 19.1 Å². The fraction of sp³-hybridized carbons (Fsp3) is 0.333. The molecule has 0 heterocycles. The quantitative estimate of drug-likeness (QED) is 0.225. The van der Waals surface area contributed by atoms with Crippen LogP contribution in [0.5, 0.6) is 0 Å². The van der Waals surface area contributed by atoms with Crippen molar-refractivity contribution in [3.8, 4) is 0 Å². The molecule has 0 aliphatic heterocycles. The zero-order valence-corrected chi connectivity index (χ0v) is 25.6. The van der Waals surface area contributed by atoms with Gasteiger partial charge in [0.1, 0.15) is 18.4 Å². The van der Waals surface area contributed by atoms with Gasteiger partial charge in [-0.05, 0) is 61.7 Å². The first-order valence-electron chi connectivity index (χ1n) is 13.3. The Balaban J connectivity index is 2.07. The molecular formula is C30H34Cl2FN3O4S. The molecule has 7 nitrogen and oxygen atoms in total. The zero-order valence-electron chi connectivity index (χ0n) is 23.2. The number of unbranched alkanes of at least 4 members (excludes halogenated alkanes) is 1. The van der Waals surface area contributed by atoms with Crippen LogP contribution in [0.4, 0.5) is 10.1 Å². The molecule has 3 rings (SSSR count). The number of nitrogens with zero attached hydrogens (tertiary/aromatic N) is 2. The smallest absolute Gasteiger partial charge is 0.264 e. The van der Waals surface area contributed by atoms with Gasteiger partial charge in [0.15, 0.2) is 0 Å². The summed E-state index contributed by atoms with van der Waals surface area (Å²) in [6.07, 6.45) is 1.92. The molecule has 0 bridgehead atoms. The van der Waals surface area contributed by atoms with E-state index in [0.717, 1.165) is 22.7 Å². The zero-order chi connectivity index (χ0) is 30.2. The largest absolute Gasteiger partial charge is 0.354 e. The lowest BCUT2D eigenvalue weighted by atomic mass is 10.1. The number of anilines is 1. The van der Waals surface area contributed by atoms with Gasteiger partial charge in [-0.3, -0.25) is 13.9 Å². The van der Waals surface area contributed by atoms with Crippen LogP contribution in [0.15, 0.2) is 71.6 Å². The number of rotatable bonds is 13. The molecule has 3 aromatic rings. The molecule has 3 aromatic carbocycles. The minimum Gasteiger partial charge on any atom is -0.354 e. The van der Waals surface area contributed by atoms with E-state index in [1.807, 2.05) is 13.8 Å². The average molecular weight is 623 g/mol. The summed E-state index contributed by atoms with van der Waals surface area (Å²) in [5, 5.41) is 2.95. The third-order valence-electron chi connectivity index (χ3n) is 6.57. The maximum absolute atomic E-state index is 14.1. The SMILES string of the molecule is CCCCNC(=O)[C@@H](CC)N(Cc1ccc(F)cc1)C(=O)CN(c1cccc(Cl)c1Cl)S(=O)(=O)c1ccc(C)cc1. The molecule has 0 saturated heterocycles. The molecule has 0 spiro atoms. The van der Waals surface area contributed by atoms with Gasteiger partial charge in [0.25, 0.3) is 10.0 Å². The van der Waals surface area contributed by atoms with Crippen LogP contribution in [-0.2, 0) is 26.2 Å². The number of nitrogens with one attached hydrogen (secondary N) is 1. The Morgan fingerprint density at radius 2 is 1.63 bits per heavy atom. The van der Waals surface area contributed by atoms with Crippen molar-refractivity contribution in [2.75, 3.05) is 17.4 Å². The number of carbonyl (C=O) groups is 2. The fourth-order valence-electron chi connectivity index (χ4n) is 4.25. The maximum atomic E-state index is 14.1. The van der Waals surface area contributed by atoms with Gasteiger partial charge in [0, 0.05) is 13.1 Å². The van der Waals surface area contributed by atoms with Gasteiger partial charge in [0.05, 0.1) is 20.6 Å². The Morgan fingerprint density at radius 1 is 0.976 bits per heavy atom. The van der Waals surface area contributed by atoms with Crippen molar-refractivity contribution in [1.82, 2.24) is 10.2 Å². The van der Waals surface area contributed by atoms with Gasteiger partial charge in [-0.25, -0.2) is 12.8 Å². The fourth-order valence-corrected chi connectivity index (χ4v) is 6.12. The molecule has 0 fully saturated rings. The molecule has 0 aliphatic rings. The minimum absolute atomic E-state index is 0.0234. The van der Waals surface area contributed by atoms with Gasteiger partial charge in [0.2, 0.25) is 11.8 Å². The molecule has 0 radical (unpaired) electrons. The number of halogens is 3. The molecule has 220 valence electrons. The normalized spacial score (nSPS) is 12.0. The van der Waals surface area contributed by atoms with E-state index in [1.165, 1.54) is 59.5 Å². The lowest BCUT2D eigenvalue weighted by Gasteiger charge is -2.33.